The summed E-state index contributed by atoms with van der Waals surface area (Å²) >= 11 is 0. The van der Waals surface area contributed by atoms with Gasteiger partial charge < -0.3 is 4.98 Å². The van der Waals surface area contributed by atoms with Gasteiger partial charge in [0.15, 0.2) is 5.78 Å². The van der Waals surface area contributed by atoms with Gasteiger partial charge in [0.1, 0.15) is 0 Å². The Morgan fingerprint density at radius 2 is 1.90 bits per heavy atom. The summed E-state index contributed by atoms with van der Waals surface area (Å²) in [5, 5.41) is 0. The van der Waals surface area contributed by atoms with Gasteiger partial charge in [-0.05, 0) is 25.8 Å². The molecule has 5 heteroatoms. The molecule has 0 spiro atoms. The van der Waals surface area contributed by atoms with Gasteiger partial charge in [-0.15, -0.1) is 0 Å². The highest BCUT2D eigenvalue weighted by Gasteiger charge is 2.15. The molecule has 0 radical (unpaired) electrons. The quantitative estimate of drug-likeness (QED) is 0.858. The number of Topliss-reactive ketones (excluding diaryl/α,β-unsaturated/α-hetero) is 1. The summed E-state index contributed by atoms with van der Waals surface area (Å²) < 4.78 is 1.10. The summed E-state index contributed by atoms with van der Waals surface area (Å²) in [6.07, 6.45) is 1.73. The molecule has 0 saturated heterocycles. The Kier molecular flexibility index (Phi) is 3.98. The first kappa shape index (κ1) is 14.0. The van der Waals surface area contributed by atoms with E-state index < -0.39 is 11.2 Å². The maximum Gasteiger partial charge on any atom is 0.328 e. The van der Waals surface area contributed by atoms with Gasteiger partial charge in [0.2, 0.25) is 0 Å². The fourth-order valence-electron chi connectivity index (χ4n) is 2.19. The van der Waals surface area contributed by atoms with Gasteiger partial charge in [-0.25, -0.2) is 4.79 Å². The Balaban J connectivity index is 2.42. The average molecular weight is 272 g/mol. The number of aromatic amines is 1. The zero-order valence-corrected chi connectivity index (χ0v) is 11.4. The normalized spacial score (nSPS) is 12.1. The molecule has 2 rings (SSSR count). The highest BCUT2D eigenvalue weighted by Crippen LogP contribution is 2.10. The van der Waals surface area contributed by atoms with Crippen LogP contribution in [0.1, 0.15) is 35.8 Å². The van der Waals surface area contributed by atoms with E-state index in [0.717, 1.165) is 10.1 Å². The van der Waals surface area contributed by atoms with Gasteiger partial charge in [0.05, 0.1) is 5.56 Å². The molecule has 0 amide bonds. The molecule has 2 aromatic rings. The molecule has 0 saturated carbocycles. The summed E-state index contributed by atoms with van der Waals surface area (Å²) in [4.78, 5) is 37.8. The van der Waals surface area contributed by atoms with Gasteiger partial charge in [0.25, 0.3) is 5.56 Å². The van der Waals surface area contributed by atoms with E-state index in [4.69, 9.17) is 0 Å². The van der Waals surface area contributed by atoms with E-state index in [9.17, 15) is 14.4 Å². The van der Waals surface area contributed by atoms with E-state index in [0.29, 0.717) is 6.42 Å². The number of benzene rings is 1. The predicted molar refractivity (Wildman–Crippen MR) is 76.2 cm³/mol. The SMILES string of the molecule is CC(=O)c1c[nH]c(=O)n(C(C)Cc2ccccc2)c1=O. The second-order valence-corrected chi connectivity index (χ2v) is 4.78. The van der Waals surface area contributed by atoms with Crippen molar-refractivity contribution in [1.29, 1.82) is 0 Å². The standard InChI is InChI=1S/C15H16N2O3/c1-10(8-12-6-4-3-5-7-12)17-14(19)13(11(2)18)9-16-15(17)20/h3-7,9-10H,8H2,1-2H3,(H,16,20). The van der Waals surface area contributed by atoms with E-state index in [1.807, 2.05) is 30.3 Å². The van der Waals surface area contributed by atoms with Gasteiger partial charge in [-0.1, -0.05) is 30.3 Å². The largest absolute Gasteiger partial charge is 0.328 e. The van der Waals surface area contributed by atoms with E-state index in [2.05, 4.69) is 4.98 Å². The van der Waals surface area contributed by atoms with Crippen LogP contribution in [0.25, 0.3) is 0 Å². The van der Waals surface area contributed by atoms with E-state index >= 15 is 0 Å². The maximum absolute atomic E-state index is 12.2. The lowest BCUT2D eigenvalue weighted by molar-refractivity contribution is 0.101. The molecule has 0 aliphatic rings. The van der Waals surface area contributed by atoms with Crippen molar-refractivity contribution < 1.29 is 4.79 Å². The Bertz CT molecular complexity index is 729. The molecule has 1 aromatic carbocycles. The first-order valence-electron chi connectivity index (χ1n) is 6.39. The number of aromatic nitrogens is 2. The smallest absolute Gasteiger partial charge is 0.313 e. The number of H-pyrrole nitrogens is 1. The molecule has 0 aliphatic carbocycles. The molecular formula is C15H16N2O3. The van der Waals surface area contributed by atoms with Crippen LogP contribution in [0.5, 0.6) is 0 Å². The van der Waals surface area contributed by atoms with Crippen LogP contribution in [-0.2, 0) is 6.42 Å². The van der Waals surface area contributed by atoms with Crippen LogP contribution in [0.2, 0.25) is 0 Å². The Labute approximate surface area is 115 Å². The van der Waals surface area contributed by atoms with Crippen LogP contribution >= 0.6 is 0 Å². The van der Waals surface area contributed by atoms with E-state index in [-0.39, 0.29) is 17.4 Å². The lowest BCUT2D eigenvalue weighted by Gasteiger charge is -2.14. The number of ketones is 1. The molecular weight excluding hydrogens is 256 g/mol. The lowest BCUT2D eigenvalue weighted by atomic mass is 10.1. The van der Waals surface area contributed by atoms with Crippen molar-refractivity contribution in [1.82, 2.24) is 9.55 Å². The van der Waals surface area contributed by atoms with Crippen LogP contribution in [0.3, 0.4) is 0 Å². The molecule has 0 aliphatic heterocycles. The van der Waals surface area contributed by atoms with Crippen molar-refractivity contribution in [2.75, 3.05) is 0 Å². The van der Waals surface area contributed by atoms with Crippen molar-refractivity contribution in [3.05, 3.63) is 68.5 Å². The minimum atomic E-state index is -0.537. The Morgan fingerprint density at radius 1 is 1.25 bits per heavy atom. The molecule has 0 fully saturated rings. The summed E-state index contributed by atoms with van der Waals surface area (Å²) in [7, 11) is 0. The highest BCUT2D eigenvalue weighted by atomic mass is 16.2. The minimum absolute atomic E-state index is 0.00418. The highest BCUT2D eigenvalue weighted by molar-refractivity contribution is 5.93. The second kappa shape index (κ2) is 5.69. The van der Waals surface area contributed by atoms with Crippen molar-refractivity contribution in [3.63, 3.8) is 0 Å². The molecule has 1 aromatic heterocycles. The minimum Gasteiger partial charge on any atom is -0.313 e. The third-order valence-corrected chi connectivity index (χ3v) is 3.20. The zero-order valence-electron chi connectivity index (χ0n) is 11.4. The first-order chi connectivity index (χ1) is 9.50. The van der Waals surface area contributed by atoms with Gasteiger partial charge in [-0.2, -0.15) is 0 Å². The maximum atomic E-state index is 12.2. The fourth-order valence-corrected chi connectivity index (χ4v) is 2.19. The van der Waals surface area contributed by atoms with Crippen molar-refractivity contribution in [2.24, 2.45) is 0 Å². The number of nitrogens with zero attached hydrogens (tertiary/aromatic N) is 1. The molecule has 20 heavy (non-hydrogen) atoms. The second-order valence-electron chi connectivity index (χ2n) is 4.78. The number of hydrogen-bond donors (Lipinski definition) is 1. The van der Waals surface area contributed by atoms with Gasteiger partial charge >= 0.3 is 5.69 Å². The van der Waals surface area contributed by atoms with Gasteiger partial charge in [-0.3, -0.25) is 14.2 Å². The zero-order chi connectivity index (χ0) is 14.7. The molecule has 1 heterocycles. The van der Waals surface area contributed by atoms with E-state index in [1.165, 1.54) is 13.1 Å². The molecule has 104 valence electrons. The topological polar surface area (TPSA) is 71.9 Å². The lowest BCUT2D eigenvalue weighted by Crippen LogP contribution is -2.40. The Morgan fingerprint density at radius 3 is 2.50 bits per heavy atom. The van der Waals surface area contributed by atoms with Crippen molar-refractivity contribution >= 4 is 5.78 Å². The van der Waals surface area contributed by atoms with Crippen molar-refractivity contribution in [3.8, 4) is 0 Å². The number of carbonyl (C=O) groups excluding carboxylic acids is 1. The third-order valence-electron chi connectivity index (χ3n) is 3.20. The molecule has 1 atom stereocenters. The monoisotopic (exact) mass is 272 g/mol. The predicted octanol–water partition coefficient (Wildman–Crippen LogP) is 1.54. The summed E-state index contributed by atoms with van der Waals surface area (Å²) in [5.74, 6) is -0.355. The van der Waals surface area contributed by atoms with Crippen LogP contribution < -0.4 is 11.2 Å². The summed E-state index contributed by atoms with van der Waals surface area (Å²) in [6, 6.07) is 9.26. The fraction of sp³-hybridized carbons (Fsp3) is 0.267. The number of carbonyl (C=O) groups is 1. The molecule has 1 unspecified atom stereocenters. The first-order valence-corrected chi connectivity index (χ1v) is 6.39. The number of rotatable bonds is 4. The molecule has 1 N–H and O–H groups in total. The van der Waals surface area contributed by atoms with E-state index in [1.54, 1.807) is 6.92 Å². The number of hydrogen-bond acceptors (Lipinski definition) is 3. The van der Waals surface area contributed by atoms with Crippen LogP contribution in [0.4, 0.5) is 0 Å². The van der Waals surface area contributed by atoms with Crippen LogP contribution in [0, 0.1) is 0 Å². The third kappa shape index (κ3) is 2.77. The van der Waals surface area contributed by atoms with Crippen molar-refractivity contribution in [2.45, 2.75) is 26.3 Å². The average Bonchev–Trinajstić information content (AvgIpc) is 2.39. The number of nitrogens with one attached hydrogen (secondary N) is 1. The summed E-state index contributed by atoms with van der Waals surface area (Å²) in [6.45, 7) is 3.09. The molecule has 0 bridgehead atoms. The van der Waals surface area contributed by atoms with Gasteiger partial charge in [0, 0.05) is 12.2 Å². The Hall–Kier alpha value is -2.43. The van der Waals surface area contributed by atoms with Crippen LogP contribution in [0.15, 0.2) is 46.1 Å². The summed E-state index contributed by atoms with van der Waals surface area (Å²) in [5.41, 5.74) is -0.00264. The molecule has 5 nitrogen and oxygen atoms in total. The van der Waals surface area contributed by atoms with Crippen LogP contribution in [-0.4, -0.2) is 15.3 Å².